The first-order chi connectivity index (χ1) is 28.6. The summed E-state index contributed by atoms with van der Waals surface area (Å²) in [4.78, 5) is 9.70. The minimum atomic E-state index is 0.254. The summed E-state index contributed by atoms with van der Waals surface area (Å²) in [6, 6.07) is 18.2. The highest BCUT2D eigenvalue weighted by Crippen LogP contribution is 2.42. The number of aromatic nitrogens is 1. The van der Waals surface area contributed by atoms with Crippen molar-refractivity contribution in [3.8, 4) is 57.3 Å². The average molecular weight is 810 g/mol. The maximum atomic E-state index is 5.71. The Morgan fingerprint density at radius 1 is 0.729 bits per heavy atom. The smallest absolute Gasteiger partial charge is 0.203 e. The number of methoxy groups -OCH3 is 8. The second-order valence-corrected chi connectivity index (χ2v) is 14.0. The van der Waals surface area contributed by atoms with Gasteiger partial charge in [-0.1, -0.05) is 45.1 Å². The van der Waals surface area contributed by atoms with Gasteiger partial charge in [-0.25, -0.2) is 0 Å². The summed E-state index contributed by atoms with van der Waals surface area (Å²) in [5.41, 5.74) is 6.72. The molecule has 1 aliphatic rings. The zero-order valence-electron chi connectivity index (χ0n) is 36.8. The molecule has 0 N–H and O–H groups in total. The van der Waals surface area contributed by atoms with Crippen molar-refractivity contribution in [1.29, 1.82) is 0 Å². The third-order valence-corrected chi connectivity index (χ3v) is 9.99. The molecule has 0 amide bonds. The number of hydrogen-bond donors (Lipinski definition) is 0. The third kappa shape index (κ3) is 11.9. The topological polar surface area (TPSA) is 93.2 Å². The number of benzene rings is 3. The van der Waals surface area contributed by atoms with Gasteiger partial charge >= 0.3 is 0 Å². The highest BCUT2D eigenvalue weighted by atomic mass is 16.5. The Labute approximate surface area is 351 Å². The molecule has 0 aliphatic carbocycles. The van der Waals surface area contributed by atoms with E-state index in [4.69, 9.17) is 42.9 Å². The van der Waals surface area contributed by atoms with Crippen LogP contribution in [0.1, 0.15) is 51.2 Å². The predicted octanol–water partition coefficient (Wildman–Crippen LogP) is 9.92. The Morgan fingerprint density at radius 3 is 1.73 bits per heavy atom. The first kappa shape index (κ1) is 45.9. The maximum absolute atomic E-state index is 5.71. The Hall–Kier alpha value is -5.81. The number of hydrogen-bond acceptors (Lipinski definition) is 11. The van der Waals surface area contributed by atoms with Crippen LogP contribution in [0, 0.1) is 0 Å². The van der Waals surface area contributed by atoms with Crippen molar-refractivity contribution >= 4 is 11.3 Å². The van der Waals surface area contributed by atoms with Crippen molar-refractivity contribution in [1.82, 2.24) is 9.88 Å². The van der Waals surface area contributed by atoms with Gasteiger partial charge in [-0.15, -0.1) is 0 Å². The molecule has 0 spiro atoms. The number of rotatable bonds is 18. The lowest BCUT2D eigenvalue weighted by Gasteiger charge is -2.40. The third-order valence-electron chi connectivity index (χ3n) is 9.99. The summed E-state index contributed by atoms with van der Waals surface area (Å²) in [6.07, 6.45) is 11.4. The van der Waals surface area contributed by atoms with Crippen LogP contribution in [0.3, 0.4) is 0 Å². The summed E-state index contributed by atoms with van der Waals surface area (Å²) in [5, 5.41) is 0. The fourth-order valence-corrected chi connectivity index (χ4v) is 7.13. The van der Waals surface area contributed by atoms with Gasteiger partial charge in [0.15, 0.2) is 23.0 Å². The Balaban J connectivity index is 0.00000248. The molecule has 59 heavy (non-hydrogen) atoms. The van der Waals surface area contributed by atoms with Gasteiger partial charge in [0.2, 0.25) is 11.5 Å². The SMILES string of the molecule is C=C(/C=C(\C=C/C)CN1CCC(N(Cc2ccnc(-c3cc(OC)c(OC)c(OC)c3)c2)c2cc(OC)cc(OC)c2)CC1)c1cc(OC)c(OC)c(OC)c1.CCC. The van der Waals surface area contributed by atoms with E-state index < -0.39 is 0 Å². The number of allylic oxidation sites excluding steroid dienone is 3. The standard InChI is InChI=1S/C45H55N3O8.C3H8/c1-11-12-31(19-30(2)33-21-40(51-5)44(55-9)41(22-33)52-6)28-47-17-14-35(15-18-47)48(36-25-37(49-3)27-38(26-36)50-4)29-32-13-16-46-39(20-32)34-23-42(53-7)45(56-10)43(24-34)54-8;1-3-2/h11-13,16,19-27,35H,2,14-15,17-18,28-29H2,1,3-10H3;3H2,1-2H3/b12-11-,31-19+;. The van der Waals surface area contributed by atoms with Crippen LogP contribution in [-0.4, -0.2) is 92.4 Å². The number of nitrogens with zero attached hydrogens (tertiary/aromatic N) is 3. The highest BCUT2D eigenvalue weighted by molar-refractivity contribution is 5.77. The molecule has 5 rings (SSSR count). The Kier molecular flexibility index (Phi) is 17.9. The monoisotopic (exact) mass is 809 g/mol. The molecule has 318 valence electrons. The molecule has 11 heteroatoms. The van der Waals surface area contributed by atoms with Gasteiger partial charge < -0.3 is 42.8 Å². The van der Waals surface area contributed by atoms with E-state index in [1.165, 1.54) is 6.42 Å². The second-order valence-electron chi connectivity index (χ2n) is 14.0. The first-order valence-electron chi connectivity index (χ1n) is 19.9. The Bertz CT molecular complexity index is 1960. The van der Waals surface area contributed by atoms with E-state index in [1.54, 1.807) is 56.9 Å². The molecule has 1 saturated heterocycles. The number of anilines is 1. The van der Waals surface area contributed by atoms with Crippen LogP contribution < -0.4 is 42.8 Å². The van der Waals surface area contributed by atoms with Gasteiger partial charge in [0.1, 0.15) is 11.5 Å². The van der Waals surface area contributed by atoms with E-state index in [1.807, 2.05) is 43.5 Å². The lowest BCUT2D eigenvalue weighted by molar-refractivity contribution is 0.224. The van der Waals surface area contributed by atoms with E-state index in [-0.39, 0.29) is 6.04 Å². The lowest BCUT2D eigenvalue weighted by Crippen LogP contribution is -2.45. The summed E-state index contributed by atoms with van der Waals surface area (Å²) in [5.74, 6) is 4.90. The van der Waals surface area contributed by atoms with Crippen LogP contribution >= 0.6 is 0 Å². The summed E-state index contributed by atoms with van der Waals surface area (Å²) in [6.45, 7) is 14.0. The van der Waals surface area contributed by atoms with E-state index in [0.29, 0.717) is 41.0 Å². The molecule has 1 fully saturated rings. The molecule has 1 aliphatic heterocycles. The normalized spacial score (nSPS) is 13.2. The Morgan fingerprint density at radius 2 is 1.25 bits per heavy atom. The van der Waals surface area contributed by atoms with Gasteiger partial charge in [-0.3, -0.25) is 9.88 Å². The first-order valence-corrected chi connectivity index (χ1v) is 19.9. The molecular weight excluding hydrogens is 747 g/mol. The van der Waals surface area contributed by atoms with E-state index in [0.717, 1.165) is 83.2 Å². The minimum Gasteiger partial charge on any atom is -0.497 e. The largest absolute Gasteiger partial charge is 0.497 e. The molecule has 3 aromatic carbocycles. The van der Waals surface area contributed by atoms with Gasteiger partial charge in [0.05, 0.1) is 62.6 Å². The zero-order chi connectivity index (χ0) is 42.9. The molecule has 1 aromatic heterocycles. The van der Waals surface area contributed by atoms with Crippen molar-refractivity contribution in [2.45, 2.75) is 52.6 Å². The molecule has 0 radical (unpaired) electrons. The molecule has 0 bridgehead atoms. The summed E-state index contributed by atoms with van der Waals surface area (Å²) < 4.78 is 45.0. The number of piperidine rings is 1. The van der Waals surface area contributed by atoms with E-state index >= 15 is 0 Å². The maximum Gasteiger partial charge on any atom is 0.203 e. The van der Waals surface area contributed by atoms with Crippen LogP contribution in [0.5, 0.6) is 46.0 Å². The lowest BCUT2D eigenvalue weighted by atomic mass is 9.99. The zero-order valence-corrected chi connectivity index (χ0v) is 36.8. The minimum absolute atomic E-state index is 0.254. The van der Waals surface area contributed by atoms with Crippen molar-refractivity contribution < 1.29 is 37.9 Å². The van der Waals surface area contributed by atoms with E-state index in [2.05, 4.69) is 72.7 Å². The van der Waals surface area contributed by atoms with Gasteiger partial charge in [-0.2, -0.15) is 0 Å². The number of pyridine rings is 1. The fourth-order valence-electron chi connectivity index (χ4n) is 7.13. The van der Waals surface area contributed by atoms with E-state index in [9.17, 15) is 0 Å². The molecule has 0 atom stereocenters. The van der Waals surface area contributed by atoms with Crippen LogP contribution in [-0.2, 0) is 6.54 Å². The van der Waals surface area contributed by atoms with Crippen LogP contribution in [0.2, 0.25) is 0 Å². The van der Waals surface area contributed by atoms with Crippen molar-refractivity contribution in [3.63, 3.8) is 0 Å². The van der Waals surface area contributed by atoms with Gasteiger partial charge in [0, 0.05) is 67.9 Å². The molecule has 11 nitrogen and oxygen atoms in total. The highest BCUT2D eigenvalue weighted by Gasteiger charge is 2.27. The van der Waals surface area contributed by atoms with Gasteiger partial charge in [-0.05, 0) is 78.4 Å². The van der Waals surface area contributed by atoms with Crippen LogP contribution in [0.15, 0.2) is 91.2 Å². The fraction of sp³-hybridized carbons (Fsp3) is 0.396. The molecular formula is C48H63N3O8. The number of likely N-dealkylation sites (tertiary alicyclic amines) is 1. The molecule has 4 aromatic rings. The molecule has 0 unspecified atom stereocenters. The van der Waals surface area contributed by atoms with Gasteiger partial charge in [0.25, 0.3) is 0 Å². The summed E-state index contributed by atoms with van der Waals surface area (Å²) >= 11 is 0. The van der Waals surface area contributed by atoms with Crippen molar-refractivity contribution in [2.24, 2.45) is 0 Å². The summed E-state index contributed by atoms with van der Waals surface area (Å²) in [7, 11) is 13.0. The molecule has 2 heterocycles. The number of ether oxygens (including phenoxy) is 8. The molecule has 0 saturated carbocycles. The van der Waals surface area contributed by atoms with Crippen LogP contribution in [0.4, 0.5) is 5.69 Å². The second kappa shape index (κ2) is 23.0. The average Bonchev–Trinajstić information content (AvgIpc) is 3.27. The van der Waals surface area contributed by atoms with Crippen LogP contribution in [0.25, 0.3) is 16.8 Å². The predicted molar refractivity (Wildman–Crippen MR) is 239 cm³/mol. The van der Waals surface area contributed by atoms with Crippen molar-refractivity contribution in [2.75, 3.05) is 81.4 Å². The van der Waals surface area contributed by atoms with Crippen molar-refractivity contribution in [3.05, 3.63) is 102 Å². The quantitative estimate of drug-likeness (QED) is 0.0900.